The van der Waals surface area contributed by atoms with Crippen LogP contribution in [0.5, 0.6) is 0 Å². The molecule has 16 heavy (non-hydrogen) atoms. The molecule has 0 fully saturated rings. The fraction of sp³-hybridized carbons (Fsp3) is 0.100. The quantitative estimate of drug-likeness (QED) is 0.895. The molecule has 0 unspecified atom stereocenters. The highest BCUT2D eigenvalue weighted by molar-refractivity contribution is 9.10. The third-order valence-electron chi connectivity index (χ3n) is 1.97. The Kier molecular flexibility index (Phi) is 3.31. The first kappa shape index (κ1) is 10.8. The number of aromatic amines is 1. The summed E-state index contributed by atoms with van der Waals surface area (Å²) in [6, 6.07) is 3.54. The lowest BCUT2D eigenvalue weighted by Gasteiger charge is -2.04. The summed E-state index contributed by atoms with van der Waals surface area (Å²) in [6.45, 7) is 0.405. The van der Waals surface area contributed by atoms with Gasteiger partial charge in [-0.3, -0.25) is 4.79 Å². The minimum absolute atomic E-state index is 0.220. The Bertz CT molecular complexity index is 483. The number of hydrogen-bond acceptors (Lipinski definition) is 3. The van der Waals surface area contributed by atoms with Gasteiger partial charge in [-0.25, -0.2) is 9.97 Å². The monoisotopic (exact) mass is 280 g/mol. The second kappa shape index (κ2) is 4.89. The molecule has 0 spiro atoms. The van der Waals surface area contributed by atoms with Gasteiger partial charge >= 0.3 is 0 Å². The minimum atomic E-state index is -0.220. The van der Waals surface area contributed by atoms with Crippen LogP contribution in [0.2, 0.25) is 0 Å². The maximum absolute atomic E-state index is 11.7. The van der Waals surface area contributed by atoms with E-state index in [0.29, 0.717) is 16.7 Å². The van der Waals surface area contributed by atoms with E-state index in [4.69, 9.17) is 0 Å². The SMILES string of the molecule is O=C(NCc1cnc[nH]1)c1ncccc1Br. The summed E-state index contributed by atoms with van der Waals surface area (Å²) in [5.41, 5.74) is 1.22. The summed E-state index contributed by atoms with van der Waals surface area (Å²) in [5, 5.41) is 2.74. The fourth-order valence-electron chi connectivity index (χ4n) is 1.19. The van der Waals surface area contributed by atoms with Crippen molar-refractivity contribution < 1.29 is 4.79 Å². The van der Waals surface area contributed by atoms with Crippen molar-refractivity contribution in [2.24, 2.45) is 0 Å². The van der Waals surface area contributed by atoms with Crippen LogP contribution in [0.4, 0.5) is 0 Å². The first-order valence-electron chi connectivity index (χ1n) is 4.63. The zero-order valence-electron chi connectivity index (χ0n) is 8.27. The van der Waals surface area contributed by atoms with Gasteiger partial charge in [-0.2, -0.15) is 0 Å². The predicted octanol–water partition coefficient (Wildman–Crippen LogP) is 1.50. The van der Waals surface area contributed by atoms with Crippen LogP contribution in [0.25, 0.3) is 0 Å². The normalized spacial score (nSPS) is 10.1. The van der Waals surface area contributed by atoms with Crippen LogP contribution in [0, 0.1) is 0 Å². The molecule has 2 N–H and O–H groups in total. The number of nitrogens with zero attached hydrogens (tertiary/aromatic N) is 2. The lowest BCUT2D eigenvalue weighted by atomic mass is 10.3. The van der Waals surface area contributed by atoms with Crippen molar-refractivity contribution in [3.63, 3.8) is 0 Å². The molecule has 0 aliphatic carbocycles. The average Bonchev–Trinajstić information content (AvgIpc) is 2.79. The molecule has 6 heteroatoms. The largest absolute Gasteiger partial charge is 0.347 e. The van der Waals surface area contributed by atoms with Gasteiger partial charge < -0.3 is 10.3 Å². The number of nitrogens with one attached hydrogen (secondary N) is 2. The molecule has 0 atom stereocenters. The van der Waals surface area contributed by atoms with Gasteiger partial charge in [0.2, 0.25) is 0 Å². The third kappa shape index (κ3) is 2.46. The lowest BCUT2D eigenvalue weighted by Crippen LogP contribution is -2.24. The van der Waals surface area contributed by atoms with Gasteiger partial charge in [0.05, 0.1) is 18.6 Å². The number of carbonyl (C=O) groups is 1. The molecule has 2 rings (SSSR count). The van der Waals surface area contributed by atoms with Crippen LogP contribution >= 0.6 is 15.9 Å². The van der Waals surface area contributed by atoms with E-state index < -0.39 is 0 Å². The molecule has 0 aliphatic rings. The van der Waals surface area contributed by atoms with E-state index in [-0.39, 0.29) is 5.91 Å². The predicted molar refractivity (Wildman–Crippen MR) is 61.7 cm³/mol. The summed E-state index contributed by atoms with van der Waals surface area (Å²) >= 11 is 3.27. The van der Waals surface area contributed by atoms with E-state index in [0.717, 1.165) is 5.69 Å². The van der Waals surface area contributed by atoms with Gasteiger partial charge in [-0.15, -0.1) is 0 Å². The van der Waals surface area contributed by atoms with Gasteiger partial charge in [0.25, 0.3) is 5.91 Å². The zero-order chi connectivity index (χ0) is 11.4. The molecule has 2 aromatic heterocycles. The molecule has 0 aliphatic heterocycles. The number of hydrogen-bond donors (Lipinski definition) is 2. The van der Waals surface area contributed by atoms with Crippen LogP contribution < -0.4 is 5.32 Å². The standard InChI is InChI=1S/C10H9BrN4O/c11-8-2-1-3-13-9(8)10(16)14-5-7-4-12-6-15-7/h1-4,6H,5H2,(H,12,15)(H,14,16). The second-order valence-corrected chi connectivity index (χ2v) is 3.95. The molecule has 2 aromatic rings. The number of rotatable bonds is 3. The van der Waals surface area contributed by atoms with Crippen molar-refractivity contribution in [1.82, 2.24) is 20.3 Å². The fourth-order valence-corrected chi connectivity index (χ4v) is 1.63. The van der Waals surface area contributed by atoms with Crippen LogP contribution in [-0.2, 0) is 6.54 Å². The van der Waals surface area contributed by atoms with Crippen LogP contribution in [0.1, 0.15) is 16.2 Å². The van der Waals surface area contributed by atoms with Crippen LogP contribution in [0.3, 0.4) is 0 Å². The van der Waals surface area contributed by atoms with E-state index >= 15 is 0 Å². The Hall–Kier alpha value is -1.69. The maximum atomic E-state index is 11.7. The Balaban J connectivity index is 2.01. The van der Waals surface area contributed by atoms with Crippen molar-refractivity contribution in [2.45, 2.75) is 6.54 Å². The Labute approximate surface area is 100 Å². The maximum Gasteiger partial charge on any atom is 0.271 e. The molecule has 0 saturated heterocycles. The number of H-pyrrole nitrogens is 1. The van der Waals surface area contributed by atoms with Crippen molar-refractivity contribution in [1.29, 1.82) is 0 Å². The number of carbonyl (C=O) groups excluding carboxylic acids is 1. The highest BCUT2D eigenvalue weighted by Crippen LogP contribution is 2.12. The van der Waals surface area contributed by atoms with E-state index in [2.05, 4.69) is 36.2 Å². The Morgan fingerprint density at radius 1 is 1.56 bits per heavy atom. The highest BCUT2D eigenvalue weighted by Gasteiger charge is 2.10. The van der Waals surface area contributed by atoms with E-state index in [1.54, 1.807) is 30.9 Å². The van der Waals surface area contributed by atoms with Crippen molar-refractivity contribution in [2.75, 3.05) is 0 Å². The summed E-state index contributed by atoms with van der Waals surface area (Å²) in [5.74, 6) is -0.220. The summed E-state index contributed by atoms with van der Waals surface area (Å²) < 4.78 is 0.678. The lowest BCUT2D eigenvalue weighted by molar-refractivity contribution is 0.0944. The number of aromatic nitrogens is 3. The molecule has 0 bridgehead atoms. The molecule has 0 radical (unpaired) electrons. The van der Waals surface area contributed by atoms with Gasteiger partial charge in [0, 0.05) is 16.9 Å². The molecule has 5 nitrogen and oxygen atoms in total. The molecule has 1 amide bonds. The number of imidazole rings is 1. The van der Waals surface area contributed by atoms with Crippen molar-refractivity contribution >= 4 is 21.8 Å². The van der Waals surface area contributed by atoms with Crippen LogP contribution in [0.15, 0.2) is 35.3 Å². The van der Waals surface area contributed by atoms with E-state index in [1.165, 1.54) is 0 Å². The third-order valence-corrected chi connectivity index (χ3v) is 2.61. The Morgan fingerprint density at radius 3 is 3.12 bits per heavy atom. The molecular weight excluding hydrogens is 272 g/mol. The highest BCUT2D eigenvalue weighted by atomic mass is 79.9. The smallest absolute Gasteiger partial charge is 0.271 e. The van der Waals surface area contributed by atoms with Gasteiger partial charge in [-0.1, -0.05) is 0 Å². The number of halogens is 1. The van der Waals surface area contributed by atoms with E-state index in [1.807, 2.05) is 0 Å². The Morgan fingerprint density at radius 2 is 2.44 bits per heavy atom. The zero-order valence-corrected chi connectivity index (χ0v) is 9.86. The molecule has 82 valence electrons. The molecule has 2 heterocycles. The second-order valence-electron chi connectivity index (χ2n) is 3.09. The van der Waals surface area contributed by atoms with Gasteiger partial charge in [0.15, 0.2) is 0 Å². The molecule has 0 aromatic carbocycles. The topological polar surface area (TPSA) is 70.7 Å². The first-order chi connectivity index (χ1) is 7.77. The minimum Gasteiger partial charge on any atom is -0.347 e. The molecule has 0 saturated carbocycles. The van der Waals surface area contributed by atoms with Gasteiger partial charge in [0.1, 0.15) is 5.69 Å². The first-order valence-corrected chi connectivity index (χ1v) is 5.42. The summed E-state index contributed by atoms with van der Waals surface area (Å²) in [4.78, 5) is 22.5. The number of pyridine rings is 1. The number of amides is 1. The average molecular weight is 281 g/mol. The summed E-state index contributed by atoms with van der Waals surface area (Å²) in [6.07, 6.45) is 4.81. The van der Waals surface area contributed by atoms with Crippen LogP contribution in [-0.4, -0.2) is 20.9 Å². The van der Waals surface area contributed by atoms with E-state index in [9.17, 15) is 4.79 Å². The summed E-state index contributed by atoms with van der Waals surface area (Å²) in [7, 11) is 0. The molecular formula is C10H9BrN4O. The van der Waals surface area contributed by atoms with Crippen molar-refractivity contribution in [3.8, 4) is 0 Å². The van der Waals surface area contributed by atoms with Crippen molar-refractivity contribution in [3.05, 3.63) is 46.7 Å². The van der Waals surface area contributed by atoms with Gasteiger partial charge in [-0.05, 0) is 28.1 Å².